The maximum atomic E-state index is 11.9. The zero-order valence-corrected chi connectivity index (χ0v) is 12.7. The normalized spacial score (nSPS) is 11.7. The van der Waals surface area contributed by atoms with Crippen LogP contribution in [0.15, 0.2) is 54.6 Å². The average Bonchev–Trinajstić information content (AvgIpc) is 2.48. The molecule has 0 bridgehead atoms. The van der Waals surface area contributed by atoms with Gasteiger partial charge in [-0.05, 0) is 11.6 Å². The lowest BCUT2D eigenvalue weighted by molar-refractivity contribution is 0.252. The van der Waals surface area contributed by atoms with Gasteiger partial charge in [0.25, 0.3) is 0 Å². The van der Waals surface area contributed by atoms with Crippen LogP contribution in [0.1, 0.15) is 0 Å². The summed E-state index contributed by atoms with van der Waals surface area (Å²) in [4.78, 5) is 11.9. The Kier molecular flexibility index (Phi) is 5.51. The second-order valence-electron chi connectivity index (χ2n) is 4.57. The van der Waals surface area contributed by atoms with Gasteiger partial charge < -0.3 is 10.6 Å². The number of rotatable bonds is 5. The van der Waals surface area contributed by atoms with Crippen molar-refractivity contribution in [2.24, 2.45) is 0 Å². The van der Waals surface area contributed by atoms with E-state index in [9.17, 15) is 9.00 Å². The van der Waals surface area contributed by atoms with Gasteiger partial charge in [0.1, 0.15) is 0 Å². The molecule has 0 aliphatic heterocycles. The lowest BCUT2D eigenvalue weighted by Gasteiger charge is -2.12. The van der Waals surface area contributed by atoms with Crippen molar-refractivity contribution < 1.29 is 9.00 Å². The van der Waals surface area contributed by atoms with E-state index in [1.165, 1.54) is 0 Å². The molecule has 0 saturated heterocycles. The Bertz CT molecular complexity index is 629. The molecule has 0 aliphatic carbocycles. The van der Waals surface area contributed by atoms with Gasteiger partial charge in [0, 0.05) is 34.9 Å². The number of nitrogens with one attached hydrogen (secondary N) is 2. The first kappa shape index (κ1) is 15.3. The molecule has 21 heavy (non-hydrogen) atoms. The summed E-state index contributed by atoms with van der Waals surface area (Å²) in [6.45, 7) is 0.391. The van der Waals surface area contributed by atoms with Gasteiger partial charge in [0.2, 0.25) is 0 Å². The summed E-state index contributed by atoms with van der Waals surface area (Å²) < 4.78 is 11.0. The first-order valence-corrected chi connectivity index (χ1v) is 8.39. The average molecular weight is 302 g/mol. The summed E-state index contributed by atoms with van der Waals surface area (Å²) in [6.07, 6.45) is 1.62. The monoisotopic (exact) mass is 302 g/mol. The second-order valence-corrected chi connectivity index (χ2v) is 6.12. The first-order valence-electron chi connectivity index (χ1n) is 6.66. The number of amides is 2. The molecule has 2 rings (SSSR count). The largest absolute Gasteiger partial charge is 0.337 e. The highest BCUT2D eigenvalue weighted by molar-refractivity contribution is 7.84. The van der Waals surface area contributed by atoms with Crippen LogP contribution in [0.3, 0.4) is 0 Å². The fourth-order valence-electron chi connectivity index (χ4n) is 1.94. The van der Waals surface area contributed by atoms with Crippen molar-refractivity contribution in [2.45, 2.75) is 0 Å². The van der Waals surface area contributed by atoms with Crippen LogP contribution in [0.5, 0.6) is 0 Å². The van der Waals surface area contributed by atoms with Gasteiger partial charge in [-0.25, -0.2) is 4.79 Å². The van der Waals surface area contributed by atoms with Crippen LogP contribution < -0.4 is 10.6 Å². The standard InChI is InChI=1S/C16H18N2O2S/c1-21(20)12-11-17-16(19)18-15-10-6-5-9-14(15)13-7-3-2-4-8-13/h2-10H,11-12H2,1H3,(H2,17,18,19). The molecule has 0 aromatic heterocycles. The van der Waals surface area contributed by atoms with E-state index >= 15 is 0 Å². The lowest BCUT2D eigenvalue weighted by atomic mass is 10.0. The van der Waals surface area contributed by atoms with Gasteiger partial charge in [-0.1, -0.05) is 48.5 Å². The Morgan fingerprint density at radius 3 is 2.43 bits per heavy atom. The molecule has 1 unspecified atom stereocenters. The highest BCUT2D eigenvalue weighted by Crippen LogP contribution is 2.27. The molecule has 5 heteroatoms. The zero-order valence-electron chi connectivity index (χ0n) is 11.8. The summed E-state index contributed by atoms with van der Waals surface area (Å²) in [7, 11) is -0.905. The molecule has 2 aromatic carbocycles. The van der Waals surface area contributed by atoms with Gasteiger partial charge in [-0.2, -0.15) is 0 Å². The minimum atomic E-state index is -0.905. The SMILES string of the molecule is CS(=O)CCNC(=O)Nc1ccccc1-c1ccccc1. The molecule has 0 radical (unpaired) electrons. The van der Waals surface area contributed by atoms with Crippen LogP contribution in [0.25, 0.3) is 11.1 Å². The van der Waals surface area contributed by atoms with Crippen LogP contribution >= 0.6 is 0 Å². The highest BCUT2D eigenvalue weighted by atomic mass is 32.2. The quantitative estimate of drug-likeness (QED) is 0.892. The predicted octanol–water partition coefficient (Wildman–Crippen LogP) is 2.85. The van der Waals surface area contributed by atoms with Crippen LogP contribution in [0.2, 0.25) is 0 Å². The molecule has 4 nitrogen and oxygen atoms in total. The second kappa shape index (κ2) is 7.59. The Labute approximate surface area is 127 Å². The third-order valence-corrected chi connectivity index (χ3v) is 3.71. The van der Waals surface area contributed by atoms with Gasteiger partial charge in [0.05, 0.1) is 5.69 Å². The number of carbonyl (C=O) groups excluding carboxylic acids is 1. The molecule has 2 aromatic rings. The van der Waals surface area contributed by atoms with E-state index in [4.69, 9.17) is 0 Å². The summed E-state index contributed by atoms with van der Waals surface area (Å²) in [5.74, 6) is 0.452. The number of benzene rings is 2. The molecule has 0 spiro atoms. The van der Waals surface area contributed by atoms with Crippen molar-refractivity contribution in [3.8, 4) is 11.1 Å². The topological polar surface area (TPSA) is 58.2 Å². The van der Waals surface area contributed by atoms with Gasteiger partial charge >= 0.3 is 6.03 Å². The van der Waals surface area contributed by atoms with Crippen LogP contribution in [0.4, 0.5) is 10.5 Å². The Hall–Kier alpha value is -2.14. The number of para-hydroxylation sites is 1. The molecular weight excluding hydrogens is 284 g/mol. The summed E-state index contributed by atoms with van der Waals surface area (Å²) in [5, 5.41) is 5.53. The molecule has 0 saturated carbocycles. The van der Waals surface area contributed by atoms with E-state index in [-0.39, 0.29) is 6.03 Å². The van der Waals surface area contributed by atoms with Crippen molar-refractivity contribution in [1.82, 2.24) is 5.32 Å². The van der Waals surface area contributed by atoms with E-state index in [0.717, 1.165) is 16.8 Å². The highest BCUT2D eigenvalue weighted by Gasteiger charge is 2.07. The zero-order chi connectivity index (χ0) is 15.1. The minimum Gasteiger partial charge on any atom is -0.337 e. The van der Waals surface area contributed by atoms with E-state index < -0.39 is 10.8 Å². The number of anilines is 1. The molecule has 1 atom stereocenters. The summed E-state index contributed by atoms with van der Waals surface area (Å²) >= 11 is 0. The number of hydrogen-bond acceptors (Lipinski definition) is 2. The summed E-state index contributed by atoms with van der Waals surface area (Å²) in [6, 6.07) is 17.2. The predicted molar refractivity (Wildman–Crippen MR) is 87.8 cm³/mol. The molecule has 2 N–H and O–H groups in total. The molecule has 0 fully saturated rings. The van der Waals surface area contributed by atoms with E-state index in [1.54, 1.807) is 6.26 Å². The molecule has 0 aliphatic rings. The number of carbonyl (C=O) groups is 1. The summed E-state index contributed by atoms with van der Waals surface area (Å²) in [5.41, 5.74) is 2.76. The van der Waals surface area contributed by atoms with Crippen LogP contribution in [0, 0.1) is 0 Å². The maximum Gasteiger partial charge on any atom is 0.319 e. The van der Waals surface area contributed by atoms with E-state index in [1.807, 2.05) is 54.6 Å². The van der Waals surface area contributed by atoms with E-state index in [0.29, 0.717) is 12.3 Å². The minimum absolute atomic E-state index is 0.288. The van der Waals surface area contributed by atoms with Crippen LogP contribution in [-0.4, -0.2) is 28.8 Å². The molecule has 2 amide bonds. The third kappa shape index (κ3) is 4.72. The Morgan fingerprint density at radius 2 is 1.71 bits per heavy atom. The Morgan fingerprint density at radius 1 is 1.05 bits per heavy atom. The smallest absolute Gasteiger partial charge is 0.319 e. The first-order chi connectivity index (χ1) is 10.2. The van der Waals surface area contributed by atoms with Crippen LogP contribution in [-0.2, 0) is 10.8 Å². The van der Waals surface area contributed by atoms with Gasteiger partial charge in [-0.3, -0.25) is 4.21 Å². The van der Waals surface area contributed by atoms with Crippen molar-refractivity contribution in [3.05, 3.63) is 54.6 Å². The fraction of sp³-hybridized carbons (Fsp3) is 0.188. The number of hydrogen-bond donors (Lipinski definition) is 2. The van der Waals surface area contributed by atoms with E-state index in [2.05, 4.69) is 10.6 Å². The maximum absolute atomic E-state index is 11.9. The third-order valence-electron chi connectivity index (χ3n) is 2.94. The molecular formula is C16H18N2O2S. The number of urea groups is 1. The lowest BCUT2D eigenvalue weighted by Crippen LogP contribution is -2.31. The molecule has 110 valence electrons. The fourth-order valence-corrected chi connectivity index (χ4v) is 2.33. The Balaban J connectivity index is 2.07. The van der Waals surface area contributed by atoms with Gasteiger partial charge in [0.15, 0.2) is 0 Å². The van der Waals surface area contributed by atoms with Crippen molar-refractivity contribution in [1.29, 1.82) is 0 Å². The van der Waals surface area contributed by atoms with Crippen molar-refractivity contribution in [3.63, 3.8) is 0 Å². The van der Waals surface area contributed by atoms with Crippen molar-refractivity contribution in [2.75, 3.05) is 23.9 Å². The van der Waals surface area contributed by atoms with Crippen molar-refractivity contribution >= 4 is 22.5 Å². The van der Waals surface area contributed by atoms with Gasteiger partial charge in [-0.15, -0.1) is 0 Å². The molecule has 0 heterocycles.